The maximum atomic E-state index is 11.7. The van der Waals surface area contributed by atoms with Crippen LogP contribution in [0.15, 0.2) is 11.2 Å². The van der Waals surface area contributed by atoms with Gasteiger partial charge >= 0.3 is 0 Å². The first-order valence-electron chi connectivity index (χ1n) is 8.82. The topological polar surface area (TPSA) is 86.7 Å². The second-order valence-corrected chi connectivity index (χ2v) is 9.15. The Morgan fingerprint density at radius 2 is 2.04 bits per heavy atom. The number of guanidine groups is 1. The largest absolute Gasteiger partial charge is 0.357 e. The minimum absolute atomic E-state index is 0. The second kappa shape index (κ2) is 13.7. The Morgan fingerprint density at radius 3 is 2.62 bits per heavy atom. The molecule has 1 heterocycles. The standard InChI is InChI=1S/C16H31N5O2S2.HI/c1-5-14-13-20-15(24-14)9-11-19-16(17-6-2)18-10-8-12-21(4)25(22,23)7-3;/h13H,5-12H2,1-4H3,(H2,17,18,19);1H. The van der Waals surface area contributed by atoms with Gasteiger partial charge in [-0.05, 0) is 26.7 Å². The van der Waals surface area contributed by atoms with E-state index >= 15 is 0 Å². The van der Waals surface area contributed by atoms with Crippen LogP contribution >= 0.6 is 35.3 Å². The van der Waals surface area contributed by atoms with E-state index in [4.69, 9.17) is 0 Å². The third-order valence-electron chi connectivity index (χ3n) is 3.67. The van der Waals surface area contributed by atoms with Crippen molar-refractivity contribution in [3.8, 4) is 0 Å². The highest BCUT2D eigenvalue weighted by Crippen LogP contribution is 2.13. The Kier molecular flexibility index (Phi) is 13.4. The highest BCUT2D eigenvalue weighted by Gasteiger charge is 2.13. The molecule has 7 nitrogen and oxygen atoms in total. The van der Waals surface area contributed by atoms with Gasteiger partial charge in [0, 0.05) is 50.7 Å². The highest BCUT2D eigenvalue weighted by molar-refractivity contribution is 14.0. The quantitative estimate of drug-likeness (QED) is 0.203. The molecule has 10 heteroatoms. The van der Waals surface area contributed by atoms with Gasteiger partial charge in [0.2, 0.25) is 10.0 Å². The number of hydrogen-bond acceptors (Lipinski definition) is 5. The summed E-state index contributed by atoms with van der Waals surface area (Å²) in [6.07, 6.45) is 4.53. The fraction of sp³-hybridized carbons (Fsp3) is 0.750. The Morgan fingerprint density at radius 1 is 1.31 bits per heavy atom. The molecule has 0 fully saturated rings. The third kappa shape index (κ3) is 9.47. The van der Waals surface area contributed by atoms with Crippen molar-refractivity contribution in [2.24, 2.45) is 4.99 Å². The van der Waals surface area contributed by atoms with Crippen molar-refractivity contribution < 1.29 is 8.42 Å². The second-order valence-electron chi connectivity index (χ2n) is 5.59. The molecule has 0 amide bonds. The van der Waals surface area contributed by atoms with Crippen LogP contribution in [0.4, 0.5) is 0 Å². The van der Waals surface area contributed by atoms with E-state index in [1.54, 1.807) is 25.3 Å². The van der Waals surface area contributed by atoms with Gasteiger partial charge in [-0.15, -0.1) is 35.3 Å². The lowest BCUT2D eigenvalue weighted by atomic mass is 10.4. The molecule has 0 unspecified atom stereocenters. The maximum absolute atomic E-state index is 11.7. The summed E-state index contributed by atoms with van der Waals surface area (Å²) in [6.45, 7) is 8.43. The predicted octanol–water partition coefficient (Wildman–Crippen LogP) is 2.09. The van der Waals surface area contributed by atoms with Crippen molar-refractivity contribution in [2.45, 2.75) is 40.0 Å². The SMILES string of the molecule is CCNC(=NCCCN(C)S(=O)(=O)CC)NCCc1ncc(CC)s1.I. The zero-order chi connectivity index (χ0) is 18.7. The average Bonchev–Trinajstić information content (AvgIpc) is 3.06. The molecule has 1 aromatic heterocycles. The van der Waals surface area contributed by atoms with Crippen LogP contribution in [0.25, 0.3) is 0 Å². The van der Waals surface area contributed by atoms with E-state index in [0.29, 0.717) is 19.5 Å². The molecule has 152 valence electrons. The molecule has 0 saturated heterocycles. The van der Waals surface area contributed by atoms with E-state index in [0.717, 1.165) is 36.9 Å². The van der Waals surface area contributed by atoms with Gasteiger partial charge in [-0.3, -0.25) is 4.99 Å². The van der Waals surface area contributed by atoms with Crippen LogP contribution in [-0.4, -0.2) is 62.6 Å². The van der Waals surface area contributed by atoms with Crippen molar-refractivity contribution in [3.05, 3.63) is 16.1 Å². The molecule has 26 heavy (non-hydrogen) atoms. The van der Waals surface area contributed by atoms with Gasteiger partial charge in [0.15, 0.2) is 5.96 Å². The Hall–Kier alpha value is -0.460. The fourth-order valence-corrected chi connectivity index (χ4v) is 3.81. The number of aromatic nitrogens is 1. The molecule has 1 aromatic rings. The Bertz CT molecular complexity index is 634. The molecule has 0 aliphatic heterocycles. The normalized spacial score (nSPS) is 12.1. The number of aliphatic imine (C=N–C) groups is 1. The summed E-state index contributed by atoms with van der Waals surface area (Å²) in [6, 6.07) is 0. The molecule has 0 saturated carbocycles. The van der Waals surface area contributed by atoms with Gasteiger partial charge in [-0.2, -0.15) is 0 Å². The van der Waals surface area contributed by atoms with Crippen LogP contribution < -0.4 is 10.6 Å². The average molecular weight is 518 g/mol. The molecule has 0 radical (unpaired) electrons. The number of hydrogen-bond donors (Lipinski definition) is 2. The van der Waals surface area contributed by atoms with Crippen LogP contribution in [-0.2, 0) is 22.9 Å². The molecule has 1 rings (SSSR count). The van der Waals surface area contributed by atoms with Crippen molar-refractivity contribution in [3.63, 3.8) is 0 Å². The van der Waals surface area contributed by atoms with Gasteiger partial charge in [-0.1, -0.05) is 6.92 Å². The third-order valence-corrected chi connectivity index (χ3v) is 6.73. The zero-order valence-electron chi connectivity index (χ0n) is 16.1. The van der Waals surface area contributed by atoms with Gasteiger partial charge in [-0.25, -0.2) is 17.7 Å². The summed E-state index contributed by atoms with van der Waals surface area (Å²) in [5, 5.41) is 7.64. The smallest absolute Gasteiger partial charge is 0.213 e. The Balaban J connectivity index is 0.00000625. The van der Waals surface area contributed by atoms with Crippen LogP contribution in [0.2, 0.25) is 0 Å². The lowest BCUT2D eigenvalue weighted by Gasteiger charge is -2.15. The van der Waals surface area contributed by atoms with Gasteiger partial charge < -0.3 is 10.6 Å². The molecule has 0 atom stereocenters. The molecule has 0 aliphatic rings. The van der Waals surface area contributed by atoms with Crippen LogP contribution in [0.5, 0.6) is 0 Å². The minimum Gasteiger partial charge on any atom is -0.357 e. The lowest BCUT2D eigenvalue weighted by Crippen LogP contribution is -2.38. The van der Waals surface area contributed by atoms with Crippen molar-refractivity contribution in [1.29, 1.82) is 0 Å². The number of rotatable bonds is 11. The van der Waals surface area contributed by atoms with Gasteiger partial charge in [0.05, 0.1) is 10.8 Å². The van der Waals surface area contributed by atoms with E-state index in [2.05, 4.69) is 27.5 Å². The molecular formula is C16H32IN5O2S2. The van der Waals surface area contributed by atoms with Crippen LogP contribution in [0.3, 0.4) is 0 Å². The molecular weight excluding hydrogens is 485 g/mol. The summed E-state index contributed by atoms with van der Waals surface area (Å²) in [7, 11) is -1.49. The fourth-order valence-electron chi connectivity index (χ4n) is 2.10. The van der Waals surface area contributed by atoms with Crippen molar-refractivity contribution in [1.82, 2.24) is 19.9 Å². The summed E-state index contributed by atoms with van der Waals surface area (Å²) < 4.78 is 24.8. The number of aryl methyl sites for hydroxylation is 1. The zero-order valence-corrected chi connectivity index (χ0v) is 20.1. The van der Waals surface area contributed by atoms with E-state index in [9.17, 15) is 8.42 Å². The molecule has 0 aliphatic carbocycles. The van der Waals surface area contributed by atoms with Crippen LogP contribution in [0.1, 0.15) is 37.1 Å². The minimum atomic E-state index is -3.11. The highest BCUT2D eigenvalue weighted by atomic mass is 127. The van der Waals surface area contributed by atoms with E-state index in [1.165, 1.54) is 9.18 Å². The van der Waals surface area contributed by atoms with Crippen molar-refractivity contribution in [2.75, 3.05) is 39.0 Å². The van der Waals surface area contributed by atoms with Gasteiger partial charge in [0.25, 0.3) is 0 Å². The first kappa shape index (κ1) is 25.5. The number of nitrogens with one attached hydrogen (secondary N) is 2. The maximum Gasteiger partial charge on any atom is 0.213 e. The molecule has 0 spiro atoms. The van der Waals surface area contributed by atoms with Crippen molar-refractivity contribution >= 4 is 51.3 Å². The van der Waals surface area contributed by atoms with Crippen LogP contribution in [0, 0.1) is 0 Å². The summed E-state index contributed by atoms with van der Waals surface area (Å²) >= 11 is 1.75. The molecule has 2 N–H and O–H groups in total. The summed E-state index contributed by atoms with van der Waals surface area (Å²) in [4.78, 5) is 10.2. The van der Waals surface area contributed by atoms with E-state index in [1.807, 2.05) is 13.1 Å². The number of sulfonamides is 1. The summed E-state index contributed by atoms with van der Waals surface area (Å²) in [5.74, 6) is 0.892. The summed E-state index contributed by atoms with van der Waals surface area (Å²) in [5.41, 5.74) is 0. The predicted molar refractivity (Wildman–Crippen MR) is 121 cm³/mol. The number of halogens is 1. The lowest BCUT2D eigenvalue weighted by molar-refractivity contribution is 0.465. The first-order valence-corrected chi connectivity index (χ1v) is 11.2. The monoisotopic (exact) mass is 517 g/mol. The number of thiazole rings is 1. The molecule has 0 bridgehead atoms. The molecule has 0 aromatic carbocycles. The Labute approximate surface area is 179 Å². The van der Waals surface area contributed by atoms with E-state index in [-0.39, 0.29) is 29.7 Å². The van der Waals surface area contributed by atoms with E-state index < -0.39 is 10.0 Å². The first-order chi connectivity index (χ1) is 11.9. The van der Waals surface area contributed by atoms with Gasteiger partial charge in [0.1, 0.15) is 0 Å². The number of nitrogens with zero attached hydrogens (tertiary/aromatic N) is 3.